The number of thiophene rings is 1. The Hall–Kier alpha value is -0.710. The Bertz CT molecular complexity index is 473. The number of nitrogens with zero attached hydrogens (tertiary/aromatic N) is 1. The van der Waals surface area contributed by atoms with Gasteiger partial charge in [-0.3, -0.25) is 0 Å². The third-order valence-corrected chi connectivity index (χ3v) is 4.72. The fourth-order valence-electron chi connectivity index (χ4n) is 1.73. The van der Waals surface area contributed by atoms with E-state index in [2.05, 4.69) is 43.2 Å². The maximum Gasteiger partial charge on any atom is 0.0798 e. The Morgan fingerprint density at radius 2 is 2.18 bits per heavy atom. The first kappa shape index (κ1) is 12.7. The van der Waals surface area contributed by atoms with E-state index in [9.17, 15) is 0 Å². The predicted octanol–water partition coefficient (Wildman–Crippen LogP) is 3.54. The monoisotopic (exact) mass is 266 g/mol. The fraction of sp³-hybridized carbons (Fsp3) is 0.462. The van der Waals surface area contributed by atoms with Gasteiger partial charge in [-0.25, -0.2) is 4.98 Å². The molecule has 0 amide bonds. The molecule has 17 heavy (non-hydrogen) atoms. The van der Waals surface area contributed by atoms with Gasteiger partial charge in [-0.05, 0) is 39.3 Å². The van der Waals surface area contributed by atoms with Crippen LogP contribution in [0.2, 0.25) is 0 Å². The van der Waals surface area contributed by atoms with E-state index in [1.54, 1.807) is 11.3 Å². The number of hydrogen-bond acceptors (Lipinski definition) is 4. The maximum atomic E-state index is 4.26. The number of hydrogen-bond donors (Lipinski definition) is 1. The molecule has 0 saturated carbocycles. The molecule has 2 rings (SSSR count). The van der Waals surface area contributed by atoms with E-state index in [1.165, 1.54) is 14.6 Å². The zero-order chi connectivity index (χ0) is 12.3. The standard InChI is InChI=1S/C13H18N2S2/c1-9(6-12-5-4-10(2)17-12)14-7-13-11(3)15-8-16-13/h4-5,8-9,14H,6-7H2,1-3H3. The van der Waals surface area contributed by atoms with Crippen molar-refractivity contribution in [1.29, 1.82) is 0 Å². The molecule has 2 aromatic heterocycles. The zero-order valence-corrected chi connectivity index (χ0v) is 12.1. The van der Waals surface area contributed by atoms with Crippen molar-refractivity contribution in [2.75, 3.05) is 0 Å². The van der Waals surface area contributed by atoms with Crippen LogP contribution >= 0.6 is 22.7 Å². The van der Waals surface area contributed by atoms with Crippen LogP contribution in [-0.4, -0.2) is 11.0 Å². The predicted molar refractivity (Wildman–Crippen MR) is 75.9 cm³/mol. The second-order valence-corrected chi connectivity index (χ2v) is 6.67. The minimum Gasteiger partial charge on any atom is -0.309 e. The van der Waals surface area contributed by atoms with Crippen LogP contribution < -0.4 is 5.32 Å². The van der Waals surface area contributed by atoms with Crippen molar-refractivity contribution in [3.63, 3.8) is 0 Å². The average Bonchev–Trinajstić information content (AvgIpc) is 2.85. The van der Waals surface area contributed by atoms with Gasteiger partial charge in [0.2, 0.25) is 0 Å². The van der Waals surface area contributed by atoms with E-state index < -0.39 is 0 Å². The molecule has 0 saturated heterocycles. The van der Waals surface area contributed by atoms with Crippen molar-refractivity contribution in [3.05, 3.63) is 38.0 Å². The van der Waals surface area contributed by atoms with Gasteiger partial charge in [0.15, 0.2) is 0 Å². The summed E-state index contributed by atoms with van der Waals surface area (Å²) in [6.07, 6.45) is 1.11. The minimum absolute atomic E-state index is 0.509. The highest BCUT2D eigenvalue weighted by atomic mass is 32.1. The van der Waals surface area contributed by atoms with Crippen LogP contribution in [0.5, 0.6) is 0 Å². The molecule has 0 aliphatic heterocycles. The van der Waals surface area contributed by atoms with Crippen LogP contribution in [0.3, 0.4) is 0 Å². The van der Waals surface area contributed by atoms with Gasteiger partial charge in [-0.2, -0.15) is 0 Å². The molecule has 0 aromatic carbocycles. The lowest BCUT2D eigenvalue weighted by Gasteiger charge is -2.12. The highest BCUT2D eigenvalue weighted by molar-refractivity contribution is 7.11. The normalized spacial score (nSPS) is 12.9. The quantitative estimate of drug-likeness (QED) is 0.895. The Morgan fingerprint density at radius 1 is 1.35 bits per heavy atom. The molecular formula is C13H18N2S2. The van der Waals surface area contributed by atoms with Gasteiger partial charge in [0.1, 0.15) is 0 Å². The molecule has 1 unspecified atom stereocenters. The van der Waals surface area contributed by atoms with Gasteiger partial charge in [-0.15, -0.1) is 22.7 Å². The van der Waals surface area contributed by atoms with Crippen molar-refractivity contribution in [3.8, 4) is 0 Å². The molecule has 1 N–H and O–H groups in total. The van der Waals surface area contributed by atoms with Crippen molar-refractivity contribution >= 4 is 22.7 Å². The lowest BCUT2D eigenvalue weighted by molar-refractivity contribution is 0.551. The Labute approximate surface area is 111 Å². The number of thiazole rings is 1. The Morgan fingerprint density at radius 3 is 2.76 bits per heavy atom. The summed E-state index contributed by atoms with van der Waals surface area (Å²) >= 11 is 3.62. The van der Waals surface area contributed by atoms with E-state index in [0.717, 1.165) is 18.7 Å². The van der Waals surface area contributed by atoms with E-state index >= 15 is 0 Å². The molecule has 92 valence electrons. The molecule has 0 aliphatic carbocycles. The van der Waals surface area contributed by atoms with Gasteiger partial charge >= 0.3 is 0 Å². The van der Waals surface area contributed by atoms with Crippen LogP contribution in [-0.2, 0) is 13.0 Å². The van der Waals surface area contributed by atoms with Gasteiger partial charge in [-0.1, -0.05) is 0 Å². The molecular weight excluding hydrogens is 248 g/mol. The minimum atomic E-state index is 0.509. The SMILES string of the molecule is Cc1ccc(CC(C)NCc2scnc2C)s1. The lowest BCUT2D eigenvalue weighted by atomic mass is 10.2. The summed E-state index contributed by atoms with van der Waals surface area (Å²) in [4.78, 5) is 8.46. The number of rotatable bonds is 5. The highest BCUT2D eigenvalue weighted by Gasteiger charge is 2.07. The highest BCUT2D eigenvalue weighted by Crippen LogP contribution is 2.17. The second kappa shape index (κ2) is 5.76. The van der Waals surface area contributed by atoms with Crippen LogP contribution in [0.25, 0.3) is 0 Å². The molecule has 4 heteroatoms. The van der Waals surface area contributed by atoms with Crippen molar-refractivity contribution in [2.24, 2.45) is 0 Å². The van der Waals surface area contributed by atoms with E-state index in [0.29, 0.717) is 6.04 Å². The van der Waals surface area contributed by atoms with E-state index in [1.807, 2.05) is 16.8 Å². The molecule has 2 heterocycles. The molecule has 2 nitrogen and oxygen atoms in total. The summed E-state index contributed by atoms with van der Waals surface area (Å²) in [5, 5.41) is 3.56. The third kappa shape index (κ3) is 3.63. The van der Waals surface area contributed by atoms with Crippen LogP contribution in [0, 0.1) is 13.8 Å². The molecule has 0 aliphatic rings. The van der Waals surface area contributed by atoms with Gasteiger partial charge < -0.3 is 5.32 Å². The van der Waals surface area contributed by atoms with Crippen molar-refractivity contribution < 1.29 is 0 Å². The van der Waals surface area contributed by atoms with E-state index in [4.69, 9.17) is 0 Å². The molecule has 0 spiro atoms. The van der Waals surface area contributed by atoms with Crippen LogP contribution in [0.1, 0.15) is 27.2 Å². The first-order valence-corrected chi connectivity index (χ1v) is 7.52. The maximum absolute atomic E-state index is 4.26. The number of aryl methyl sites for hydroxylation is 2. The molecule has 0 fully saturated rings. The zero-order valence-electron chi connectivity index (χ0n) is 10.5. The summed E-state index contributed by atoms with van der Waals surface area (Å²) in [6.45, 7) is 7.40. The summed E-state index contributed by atoms with van der Waals surface area (Å²) in [5.74, 6) is 0. The largest absolute Gasteiger partial charge is 0.309 e. The Balaban J connectivity index is 1.82. The van der Waals surface area contributed by atoms with Crippen molar-refractivity contribution in [2.45, 2.75) is 39.8 Å². The van der Waals surface area contributed by atoms with Gasteiger partial charge in [0, 0.05) is 27.2 Å². The Kier molecular flexibility index (Phi) is 4.31. The molecule has 1 atom stereocenters. The first-order valence-electron chi connectivity index (χ1n) is 5.83. The summed E-state index contributed by atoms with van der Waals surface area (Å²) in [5.41, 5.74) is 3.07. The third-order valence-electron chi connectivity index (χ3n) is 2.76. The summed E-state index contributed by atoms with van der Waals surface area (Å²) < 4.78 is 0. The topological polar surface area (TPSA) is 24.9 Å². The van der Waals surface area contributed by atoms with Crippen LogP contribution in [0.4, 0.5) is 0 Å². The molecule has 2 aromatic rings. The lowest BCUT2D eigenvalue weighted by Crippen LogP contribution is -2.27. The summed E-state index contributed by atoms with van der Waals surface area (Å²) in [6, 6.07) is 4.94. The van der Waals surface area contributed by atoms with Crippen LogP contribution in [0.15, 0.2) is 17.6 Å². The average molecular weight is 266 g/mol. The smallest absolute Gasteiger partial charge is 0.0798 e. The molecule has 0 bridgehead atoms. The number of nitrogens with one attached hydrogen (secondary N) is 1. The van der Waals surface area contributed by atoms with E-state index in [-0.39, 0.29) is 0 Å². The van der Waals surface area contributed by atoms with Gasteiger partial charge in [0.25, 0.3) is 0 Å². The fourth-order valence-corrected chi connectivity index (χ4v) is 3.48. The summed E-state index contributed by atoms with van der Waals surface area (Å²) in [7, 11) is 0. The van der Waals surface area contributed by atoms with Crippen molar-refractivity contribution in [1.82, 2.24) is 10.3 Å². The second-order valence-electron chi connectivity index (χ2n) is 4.36. The van der Waals surface area contributed by atoms with Gasteiger partial charge in [0.05, 0.1) is 11.2 Å². The molecule has 0 radical (unpaired) electrons. The number of aromatic nitrogens is 1. The first-order chi connectivity index (χ1) is 8.15.